The van der Waals surface area contributed by atoms with E-state index >= 15 is 0 Å². The Morgan fingerprint density at radius 1 is 0.556 bits per heavy atom. The molecule has 0 aromatic heterocycles. The maximum absolute atomic E-state index is 2.52. The van der Waals surface area contributed by atoms with Crippen LogP contribution in [-0.4, -0.2) is 0 Å². The van der Waals surface area contributed by atoms with Gasteiger partial charge in [-0.05, 0) is 18.3 Å². The zero-order valence-corrected chi connectivity index (χ0v) is 13.5. The van der Waals surface area contributed by atoms with E-state index in [0.717, 1.165) is 11.8 Å². The molecule has 0 aromatic carbocycles. The summed E-state index contributed by atoms with van der Waals surface area (Å²) in [4.78, 5) is 0. The van der Waals surface area contributed by atoms with Crippen molar-refractivity contribution in [3.8, 4) is 0 Å². The van der Waals surface area contributed by atoms with E-state index in [0.29, 0.717) is 0 Å². The van der Waals surface area contributed by atoms with Gasteiger partial charge in [0.25, 0.3) is 0 Å². The Morgan fingerprint density at radius 2 is 0.944 bits per heavy atom. The smallest absolute Gasteiger partial charge is 0.0386 e. The topological polar surface area (TPSA) is 0 Å². The molecule has 0 aliphatic heterocycles. The molecule has 0 amide bonds. The van der Waals surface area contributed by atoms with Crippen molar-refractivity contribution >= 4 is 0 Å². The molecule has 0 aliphatic carbocycles. The SMILES string of the molecule is CC(C)CCCC[CH]CCCCCCCC(C)C. The second-order valence-corrected chi connectivity index (χ2v) is 6.71. The minimum atomic E-state index is 0.885. The Balaban J connectivity index is 2.95. The summed E-state index contributed by atoms with van der Waals surface area (Å²) in [6, 6.07) is 0. The van der Waals surface area contributed by atoms with Gasteiger partial charge in [0.1, 0.15) is 0 Å². The third kappa shape index (κ3) is 16.0. The lowest BCUT2D eigenvalue weighted by atomic mass is 10.0. The van der Waals surface area contributed by atoms with Crippen molar-refractivity contribution in [2.75, 3.05) is 0 Å². The van der Waals surface area contributed by atoms with Crippen molar-refractivity contribution in [3.05, 3.63) is 6.42 Å². The van der Waals surface area contributed by atoms with Crippen LogP contribution in [0.4, 0.5) is 0 Å². The van der Waals surface area contributed by atoms with E-state index in [1.165, 1.54) is 70.6 Å². The Morgan fingerprint density at radius 3 is 1.50 bits per heavy atom. The zero-order chi connectivity index (χ0) is 13.6. The van der Waals surface area contributed by atoms with E-state index < -0.39 is 0 Å². The summed E-state index contributed by atoms with van der Waals surface area (Å²) in [7, 11) is 0. The van der Waals surface area contributed by atoms with Crippen LogP contribution in [0.25, 0.3) is 0 Å². The molecule has 0 aromatic rings. The average molecular weight is 253 g/mol. The number of hydrogen-bond donors (Lipinski definition) is 0. The second-order valence-electron chi connectivity index (χ2n) is 6.71. The molecule has 0 bridgehead atoms. The highest BCUT2D eigenvalue weighted by Crippen LogP contribution is 2.14. The minimum Gasteiger partial charge on any atom is -0.0628 e. The van der Waals surface area contributed by atoms with E-state index in [4.69, 9.17) is 0 Å². The molecule has 18 heavy (non-hydrogen) atoms. The van der Waals surface area contributed by atoms with Crippen LogP contribution in [0.1, 0.15) is 98.3 Å². The molecule has 0 spiro atoms. The first-order valence-corrected chi connectivity index (χ1v) is 8.44. The van der Waals surface area contributed by atoms with Crippen LogP contribution in [0.15, 0.2) is 0 Å². The van der Waals surface area contributed by atoms with Gasteiger partial charge in [-0.2, -0.15) is 0 Å². The highest BCUT2D eigenvalue weighted by Gasteiger charge is 1.96. The molecule has 0 saturated carbocycles. The van der Waals surface area contributed by atoms with E-state index in [1.54, 1.807) is 0 Å². The van der Waals surface area contributed by atoms with Gasteiger partial charge in [0, 0.05) is 0 Å². The maximum atomic E-state index is 2.52. The van der Waals surface area contributed by atoms with Crippen molar-refractivity contribution in [2.45, 2.75) is 98.3 Å². The Hall–Kier alpha value is 0. The van der Waals surface area contributed by atoms with Crippen molar-refractivity contribution in [1.82, 2.24) is 0 Å². The van der Waals surface area contributed by atoms with Crippen LogP contribution < -0.4 is 0 Å². The van der Waals surface area contributed by atoms with E-state index in [1.807, 2.05) is 0 Å². The van der Waals surface area contributed by atoms with Crippen LogP contribution >= 0.6 is 0 Å². The van der Waals surface area contributed by atoms with Gasteiger partial charge < -0.3 is 0 Å². The van der Waals surface area contributed by atoms with Crippen molar-refractivity contribution in [3.63, 3.8) is 0 Å². The van der Waals surface area contributed by atoms with Gasteiger partial charge in [0.2, 0.25) is 0 Å². The first kappa shape index (κ1) is 18.0. The zero-order valence-electron chi connectivity index (χ0n) is 13.5. The molecule has 0 heteroatoms. The van der Waals surface area contributed by atoms with E-state index in [9.17, 15) is 0 Å². The first-order valence-electron chi connectivity index (χ1n) is 8.44. The number of unbranched alkanes of at least 4 members (excludes halogenated alkanes) is 9. The average Bonchev–Trinajstić information content (AvgIpc) is 2.29. The highest BCUT2D eigenvalue weighted by atomic mass is 14.0. The fourth-order valence-corrected chi connectivity index (χ4v) is 2.36. The predicted octanol–water partition coefficient (Wildman–Crippen LogP) is 6.79. The Bertz CT molecular complexity index is 128. The summed E-state index contributed by atoms with van der Waals surface area (Å²) in [5.41, 5.74) is 0. The summed E-state index contributed by atoms with van der Waals surface area (Å²) in [6.07, 6.45) is 18.1. The molecule has 0 atom stereocenters. The van der Waals surface area contributed by atoms with Crippen LogP contribution in [0.2, 0.25) is 0 Å². The minimum absolute atomic E-state index is 0.885. The number of hydrogen-bond acceptors (Lipinski definition) is 0. The standard InChI is InChI=1S/C18H37/c1-17(2)15-13-11-9-7-5-6-8-10-12-14-16-18(3)4/h7,17-18H,5-6,8-16H2,1-4H3. The van der Waals surface area contributed by atoms with Crippen molar-refractivity contribution in [2.24, 2.45) is 11.8 Å². The Labute approximate surface area is 117 Å². The van der Waals surface area contributed by atoms with Gasteiger partial charge in [-0.1, -0.05) is 98.3 Å². The van der Waals surface area contributed by atoms with Gasteiger partial charge in [0.15, 0.2) is 0 Å². The second kappa shape index (κ2) is 13.4. The normalized spacial score (nSPS) is 11.7. The summed E-state index contributed by atoms with van der Waals surface area (Å²) < 4.78 is 0. The van der Waals surface area contributed by atoms with Gasteiger partial charge in [-0.25, -0.2) is 0 Å². The summed E-state index contributed by atoms with van der Waals surface area (Å²) in [5.74, 6) is 1.78. The third-order valence-corrected chi connectivity index (χ3v) is 3.63. The lowest BCUT2D eigenvalue weighted by Crippen LogP contribution is -1.88. The van der Waals surface area contributed by atoms with Crippen LogP contribution in [-0.2, 0) is 0 Å². The molecule has 0 saturated heterocycles. The van der Waals surface area contributed by atoms with E-state index in [2.05, 4.69) is 34.1 Å². The molecular formula is C18H37. The molecule has 0 N–H and O–H groups in total. The van der Waals surface area contributed by atoms with Gasteiger partial charge in [-0.3, -0.25) is 0 Å². The maximum Gasteiger partial charge on any atom is -0.0386 e. The first-order chi connectivity index (χ1) is 8.63. The fourth-order valence-electron chi connectivity index (χ4n) is 2.36. The van der Waals surface area contributed by atoms with Gasteiger partial charge in [0.05, 0.1) is 0 Å². The largest absolute Gasteiger partial charge is 0.0628 e. The molecule has 0 unspecified atom stereocenters. The number of rotatable bonds is 13. The van der Waals surface area contributed by atoms with Gasteiger partial charge >= 0.3 is 0 Å². The molecule has 0 heterocycles. The summed E-state index contributed by atoms with van der Waals surface area (Å²) >= 11 is 0. The van der Waals surface area contributed by atoms with Crippen LogP contribution in [0, 0.1) is 18.3 Å². The molecule has 109 valence electrons. The molecule has 0 aliphatic rings. The van der Waals surface area contributed by atoms with Crippen LogP contribution in [0.5, 0.6) is 0 Å². The predicted molar refractivity (Wildman–Crippen MR) is 84.8 cm³/mol. The molecule has 0 nitrogen and oxygen atoms in total. The quantitative estimate of drug-likeness (QED) is 0.317. The summed E-state index contributed by atoms with van der Waals surface area (Å²) in [6.45, 7) is 9.30. The van der Waals surface area contributed by atoms with Crippen LogP contribution in [0.3, 0.4) is 0 Å². The molecule has 1 radical (unpaired) electrons. The third-order valence-electron chi connectivity index (χ3n) is 3.63. The van der Waals surface area contributed by atoms with E-state index in [-0.39, 0.29) is 0 Å². The van der Waals surface area contributed by atoms with Crippen molar-refractivity contribution in [1.29, 1.82) is 0 Å². The van der Waals surface area contributed by atoms with Crippen molar-refractivity contribution < 1.29 is 0 Å². The van der Waals surface area contributed by atoms with Gasteiger partial charge in [-0.15, -0.1) is 0 Å². The fraction of sp³-hybridized carbons (Fsp3) is 0.944. The molecular weight excluding hydrogens is 216 g/mol. The lowest BCUT2D eigenvalue weighted by Gasteiger charge is -2.05. The molecule has 0 rings (SSSR count). The monoisotopic (exact) mass is 253 g/mol. The molecule has 0 fully saturated rings. The highest BCUT2D eigenvalue weighted by molar-refractivity contribution is 4.65. The summed E-state index contributed by atoms with van der Waals surface area (Å²) in [5, 5.41) is 0. The Kier molecular flexibility index (Phi) is 13.4. The lowest BCUT2D eigenvalue weighted by molar-refractivity contribution is 0.511.